The van der Waals surface area contributed by atoms with Gasteiger partial charge in [-0.2, -0.15) is 0 Å². The van der Waals surface area contributed by atoms with Crippen LogP contribution in [0.3, 0.4) is 0 Å². The number of aromatic nitrogens is 4. The van der Waals surface area contributed by atoms with Crippen molar-refractivity contribution in [3.8, 4) is 0 Å². The van der Waals surface area contributed by atoms with Crippen molar-refractivity contribution in [3.63, 3.8) is 0 Å². The van der Waals surface area contributed by atoms with E-state index in [2.05, 4.69) is 54.8 Å². The van der Waals surface area contributed by atoms with Gasteiger partial charge in [-0.05, 0) is 23.6 Å². The second-order valence-corrected chi connectivity index (χ2v) is 7.31. The molecule has 0 radical (unpaired) electrons. The summed E-state index contributed by atoms with van der Waals surface area (Å²) in [5.41, 5.74) is 1.07. The summed E-state index contributed by atoms with van der Waals surface area (Å²) < 4.78 is 2.07. The van der Waals surface area contributed by atoms with Crippen molar-refractivity contribution in [2.45, 2.75) is 32.7 Å². The molecule has 0 bridgehead atoms. The van der Waals surface area contributed by atoms with E-state index in [1.165, 1.54) is 4.88 Å². The van der Waals surface area contributed by atoms with E-state index in [0.29, 0.717) is 0 Å². The standard InChI is InChI=1S/C20H27N7S/c1-2-19-26-25-16-27(19)14-13-24-20(23-12-9-18-7-5-15-28-18)22-11-8-17-6-3-4-10-21-17/h3-7,10,15-16H,2,8-9,11-14H2,1H3,(H2,22,23,24). The Morgan fingerprint density at radius 2 is 2.07 bits per heavy atom. The predicted molar refractivity (Wildman–Crippen MR) is 114 cm³/mol. The van der Waals surface area contributed by atoms with Gasteiger partial charge in [-0.3, -0.25) is 9.98 Å². The molecule has 148 valence electrons. The molecule has 0 fully saturated rings. The number of pyridine rings is 1. The van der Waals surface area contributed by atoms with Gasteiger partial charge in [-0.1, -0.05) is 19.1 Å². The summed E-state index contributed by atoms with van der Waals surface area (Å²) in [7, 11) is 0. The second kappa shape index (κ2) is 11.2. The first-order valence-corrected chi connectivity index (χ1v) is 10.5. The van der Waals surface area contributed by atoms with E-state index in [0.717, 1.165) is 62.9 Å². The Morgan fingerprint density at radius 3 is 2.86 bits per heavy atom. The number of aliphatic imine (C=N–C) groups is 1. The lowest BCUT2D eigenvalue weighted by atomic mass is 10.3. The molecule has 0 saturated heterocycles. The van der Waals surface area contributed by atoms with Crippen molar-refractivity contribution in [2.75, 3.05) is 19.6 Å². The van der Waals surface area contributed by atoms with E-state index < -0.39 is 0 Å². The molecular weight excluding hydrogens is 370 g/mol. The summed E-state index contributed by atoms with van der Waals surface area (Å²) in [4.78, 5) is 10.5. The van der Waals surface area contributed by atoms with E-state index in [9.17, 15) is 0 Å². The Hall–Kier alpha value is -2.74. The molecule has 0 saturated carbocycles. The highest BCUT2D eigenvalue weighted by Crippen LogP contribution is 2.08. The van der Waals surface area contributed by atoms with E-state index in [-0.39, 0.29) is 0 Å². The van der Waals surface area contributed by atoms with Gasteiger partial charge >= 0.3 is 0 Å². The first-order valence-electron chi connectivity index (χ1n) is 9.66. The number of hydrogen-bond donors (Lipinski definition) is 2. The molecule has 0 spiro atoms. The van der Waals surface area contributed by atoms with Crippen LogP contribution in [0.25, 0.3) is 0 Å². The van der Waals surface area contributed by atoms with Gasteiger partial charge in [0.1, 0.15) is 12.2 Å². The zero-order valence-electron chi connectivity index (χ0n) is 16.2. The molecule has 8 heteroatoms. The smallest absolute Gasteiger partial charge is 0.191 e. The SMILES string of the molecule is CCc1nncn1CCNC(=NCCc1cccs1)NCCc1ccccn1. The number of hydrogen-bond acceptors (Lipinski definition) is 5. The molecular formula is C20H27N7S. The number of rotatable bonds is 10. The van der Waals surface area contributed by atoms with Crippen LogP contribution in [0.1, 0.15) is 23.3 Å². The van der Waals surface area contributed by atoms with E-state index in [1.807, 2.05) is 24.4 Å². The van der Waals surface area contributed by atoms with Crippen LogP contribution in [0, 0.1) is 0 Å². The van der Waals surface area contributed by atoms with Gasteiger partial charge in [0.25, 0.3) is 0 Å². The Morgan fingerprint density at radius 1 is 1.14 bits per heavy atom. The van der Waals surface area contributed by atoms with Crippen molar-refractivity contribution >= 4 is 17.3 Å². The summed E-state index contributed by atoms with van der Waals surface area (Å²) in [6.45, 7) is 5.20. The molecule has 3 rings (SSSR count). The maximum Gasteiger partial charge on any atom is 0.191 e. The van der Waals surface area contributed by atoms with Crippen LogP contribution in [0.2, 0.25) is 0 Å². The van der Waals surface area contributed by atoms with Gasteiger partial charge in [0.2, 0.25) is 0 Å². The topological polar surface area (TPSA) is 80.0 Å². The molecule has 0 atom stereocenters. The lowest BCUT2D eigenvalue weighted by Crippen LogP contribution is -2.40. The highest BCUT2D eigenvalue weighted by molar-refractivity contribution is 7.09. The van der Waals surface area contributed by atoms with Gasteiger partial charge in [-0.25, -0.2) is 0 Å². The maximum absolute atomic E-state index is 4.73. The van der Waals surface area contributed by atoms with Gasteiger partial charge in [-0.15, -0.1) is 21.5 Å². The monoisotopic (exact) mass is 397 g/mol. The molecule has 2 N–H and O–H groups in total. The first kappa shape index (κ1) is 20.0. The maximum atomic E-state index is 4.73. The molecule has 0 amide bonds. The molecule has 0 aliphatic rings. The van der Waals surface area contributed by atoms with E-state index in [1.54, 1.807) is 17.7 Å². The van der Waals surface area contributed by atoms with Crippen molar-refractivity contribution < 1.29 is 0 Å². The van der Waals surface area contributed by atoms with Crippen LogP contribution < -0.4 is 10.6 Å². The molecule has 3 aromatic heterocycles. The Kier molecular flexibility index (Phi) is 7.99. The van der Waals surface area contributed by atoms with Gasteiger partial charge < -0.3 is 15.2 Å². The number of thiophene rings is 1. The molecule has 7 nitrogen and oxygen atoms in total. The fraction of sp³-hybridized carbons (Fsp3) is 0.400. The molecule has 28 heavy (non-hydrogen) atoms. The Balaban J connectivity index is 1.50. The predicted octanol–water partition coefficient (Wildman–Crippen LogP) is 2.32. The van der Waals surface area contributed by atoms with Gasteiger partial charge in [0, 0.05) is 62.2 Å². The number of aryl methyl sites for hydroxylation is 1. The van der Waals surface area contributed by atoms with Crippen molar-refractivity contribution in [3.05, 3.63) is 64.6 Å². The lowest BCUT2D eigenvalue weighted by Gasteiger charge is -2.13. The zero-order valence-corrected chi connectivity index (χ0v) is 17.0. The van der Waals surface area contributed by atoms with Crippen LogP contribution in [-0.2, 0) is 25.8 Å². The molecule has 0 unspecified atom stereocenters. The number of nitrogens with one attached hydrogen (secondary N) is 2. The van der Waals surface area contributed by atoms with E-state index in [4.69, 9.17) is 4.99 Å². The average molecular weight is 398 g/mol. The van der Waals surface area contributed by atoms with Crippen LogP contribution in [0.15, 0.2) is 53.2 Å². The highest BCUT2D eigenvalue weighted by atomic mass is 32.1. The minimum atomic E-state index is 0.756. The van der Waals surface area contributed by atoms with E-state index >= 15 is 0 Å². The van der Waals surface area contributed by atoms with Gasteiger partial charge in [0.15, 0.2) is 5.96 Å². The largest absolute Gasteiger partial charge is 0.356 e. The minimum absolute atomic E-state index is 0.756. The van der Waals surface area contributed by atoms with Crippen LogP contribution in [0.4, 0.5) is 0 Å². The third kappa shape index (κ3) is 6.45. The highest BCUT2D eigenvalue weighted by Gasteiger charge is 2.03. The first-order chi connectivity index (χ1) is 13.8. The third-order valence-corrected chi connectivity index (χ3v) is 5.20. The van der Waals surface area contributed by atoms with Crippen LogP contribution in [0.5, 0.6) is 0 Å². The van der Waals surface area contributed by atoms with Crippen molar-refractivity contribution in [1.82, 2.24) is 30.4 Å². The number of guanidine groups is 1. The fourth-order valence-corrected chi connectivity index (χ4v) is 3.49. The average Bonchev–Trinajstić information content (AvgIpc) is 3.40. The molecule has 3 heterocycles. The quantitative estimate of drug-likeness (QED) is 0.405. The molecule has 0 aromatic carbocycles. The third-order valence-electron chi connectivity index (χ3n) is 4.27. The zero-order chi connectivity index (χ0) is 19.4. The number of nitrogens with zero attached hydrogens (tertiary/aromatic N) is 5. The molecule has 0 aliphatic carbocycles. The molecule has 0 aliphatic heterocycles. The Labute approximate surface area is 170 Å². The fourth-order valence-electron chi connectivity index (χ4n) is 2.80. The van der Waals surface area contributed by atoms with Gasteiger partial charge in [0.05, 0.1) is 0 Å². The summed E-state index contributed by atoms with van der Waals surface area (Å²) in [5, 5.41) is 17.1. The summed E-state index contributed by atoms with van der Waals surface area (Å²) in [6, 6.07) is 10.2. The summed E-state index contributed by atoms with van der Waals surface area (Å²) >= 11 is 1.77. The Bertz CT molecular complexity index is 827. The van der Waals surface area contributed by atoms with Crippen LogP contribution in [-0.4, -0.2) is 45.3 Å². The van der Waals surface area contributed by atoms with Crippen molar-refractivity contribution in [1.29, 1.82) is 0 Å². The van der Waals surface area contributed by atoms with Crippen molar-refractivity contribution in [2.24, 2.45) is 4.99 Å². The van der Waals surface area contributed by atoms with Crippen LogP contribution >= 0.6 is 11.3 Å². The minimum Gasteiger partial charge on any atom is -0.356 e. The normalized spacial score (nSPS) is 11.5. The lowest BCUT2D eigenvalue weighted by molar-refractivity contribution is 0.631. The summed E-state index contributed by atoms with van der Waals surface area (Å²) in [6.07, 6.45) is 6.30. The second-order valence-electron chi connectivity index (χ2n) is 6.28. The molecule has 3 aromatic rings. The summed E-state index contributed by atoms with van der Waals surface area (Å²) in [5.74, 6) is 1.83.